The van der Waals surface area contributed by atoms with Gasteiger partial charge in [-0.2, -0.15) is 11.8 Å². The maximum Gasteiger partial charge on any atom is 0.221 e. The number of rotatable bonds is 2. The van der Waals surface area contributed by atoms with Gasteiger partial charge in [0.15, 0.2) is 0 Å². The van der Waals surface area contributed by atoms with Crippen molar-refractivity contribution in [2.24, 2.45) is 11.7 Å². The van der Waals surface area contributed by atoms with Gasteiger partial charge in [-0.3, -0.25) is 9.69 Å². The Labute approximate surface area is 89.4 Å². The summed E-state index contributed by atoms with van der Waals surface area (Å²) in [6, 6.07) is 0.710. The number of thioether (sulfide) groups is 1. The molecule has 0 unspecified atom stereocenters. The lowest BCUT2D eigenvalue weighted by Gasteiger charge is -2.35. The maximum absolute atomic E-state index is 11.1. The van der Waals surface area contributed by atoms with Gasteiger partial charge in [-0.05, 0) is 31.6 Å². The molecule has 0 bridgehead atoms. The fourth-order valence-electron chi connectivity index (χ4n) is 2.38. The first-order chi connectivity index (χ1) is 6.77. The lowest BCUT2D eigenvalue weighted by Crippen LogP contribution is -2.46. The highest BCUT2D eigenvalue weighted by atomic mass is 32.2. The number of carbonyl (C=O) groups excluding carboxylic acids is 1. The predicted molar refractivity (Wildman–Crippen MR) is 59.2 cm³/mol. The summed E-state index contributed by atoms with van der Waals surface area (Å²) in [4.78, 5) is 13.6. The average Bonchev–Trinajstić information content (AvgIpc) is 2.71. The molecule has 0 aromatic rings. The molecular formula is C10H18N2OS. The summed E-state index contributed by atoms with van der Waals surface area (Å²) in [7, 11) is 0. The van der Waals surface area contributed by atoms with Crippen LogP contribution in [0.1, 0.15) is 19.3 Å². The van der Waals surface area contributed by atoms with Crippen LogP contribution in [-0.2, 0) is 4.79 Å². The minimum atomic E-state index is -0.111. The molecule has 2 fully saturated rings. The van der Waals surface area contributed by atoms with Crippen molar-refractivity contribution in [3.05, 3.63) is 0 Å². The van der Waals surface area contributed by atoms with Gasteiger partial charge in [-0.15, -0.1) is 0 Å². The minimum Gasteiger partial charge on any atom is -0.369 e. The average molecular weight is 214 g/mol. The minimum absolute atomic E-state index is 0.106. The van der Waals surface area contributed by atoms with Crippen LogP contribution in [0.25, 0.3) is 0 Å². The highest BCUT2D eigenvalue weighted by molar-refractivity contribution is 7.99. The van der Waals surface area contributed by atoms with E-state index in [1.807, 2.05) is 11.8 Å². The summed E-state index contributed by atoms with van der Waals surface area (Å²) in [5.74, 6) is 2.52. The maximum atomic E-state index is 11.1. The third kappa shape index (κ3) is 2.23. The molecule has 0 aromatic heterocycles. The summed E-state index contributed by atoms with van der Waals surface area (Å²) in [5.41, 5.74) is 5.36. The van der Waals surface area contributed by atoms with Gasteiger partial charge in [0, 0.05) is 18.3 Å². The molecule has 2 saturated heterocycles. The van der Waals surface area contributed by atoms with Crippen LogP contribution in [0.2, 0.25) is 0 Å². The Morgan fingerprint density at radius 3 is 2.93 bits per heavy atom. The lowest BCUT2D eigenvalue weighted by molar-refractivity contribution is -0.123. The van der Waals surface area contributed by atoms with Gasteiger partial charge in [0.25, 0.3) is 0 Å². The molecule has 2 aliphatic rings. The number of likely N-dealkylation sites (tertiary alicyclic amines) is 1. The molecule has 0 spiro atoms. The molecule has 0 radical (unpaired) electrons. The van der Waals surface area contributed by atoms with Crippen LogP contribution in [0.4, 0.5) is 0 Å². The van der Waals surface area contributed by atoms with E-state index in [4.69, 9.17) is 5.73 Å². The number of nitrogens with two attached hydrogens (primary N) is 1. The van der Waals surface area contributed by atoms with Gasteiger partial charge in [0.1, 0.15) is 0 Å². The van der Waals surface area contributed by atoms with E-state index in [0.29, 0.717) is 6.04 Å². The Hall–Kier alpha value is -0.220. The summed E-state index contributed by atoms with van der Waals surface area (Å²) in [6.45, 7) is 2.07. The zero-order chi connectivity index (χ0) is 9.97. The van der Waals surface area contributed by atoms with E-state index in [-0.39, 0.29) is 11.8 Å². The van der Waals surface area contributed by atoms with Crippen molar-refractivity contribution in [2.75, 3.05) is 24.6 Å². The molecule has 80 valence electrons. The Kier molecular flexibility index (Phi) is 3.34. The van der Waals surface area contributed by atoms with Crippen molar-refractivity contribution in [1.29, 1.82) is 0 Å². The summed E-state index contributed by atoms with van der Waals surface area (Å²) >= 11 is 2.03. The van der Waals surface area contributed by atoms with Crippen LogP contribution in [0.15, 0.2) is 0 Å². The van der Waals surface area contributed by atoms with Gasteiger partial charge in [-0.25, -0.2) is 0 Å². The molecule has 0 aliphatic carbocycles. The molecule has 0 saturated carbocycles. The van der Waals surface area contributed by atoms with Gasteiger partial charge < -0.3 is 5.73 Å². The summed E-state index contributed by atoms with van der Waals surface area (Å²) in [5, 5.41) is 0. The Morgan fingerprint density at radius 2 is 2.29 bits per heavy atom. The summed E-state index contributed by atoms with van der Waals surface area (Å²) in [6.07, 6.45) is 3.41. The first kappa shape index (κ1) is 10.3. The van der Waals surface area contributed by atoms with Crippen molar-refractivity contribution < 1.29 is 4.79 Å². The summed E-state index contributed by atoms with van der Waals surface area (Å²) < 4.78 is 0. The van der Waals surface area contributed by atoms with Crippen LogP contribution in [-0.4, -0.2) is 41.4 Å². The van der Waals surface area contributed by atoms with Crippen molar-refractivity contribution in [3.63, 3.8) is 0 Å². The fraction of sp³-hybridized carbons (Fsp3) is 0.900. The van der Waals surface area contributed by atoms with Gasteiger partial charge in [0.2, 0.25) is 5.91 Å². The highest BCUT2D eigenvalue weighted by Crippen LogP contribution is 2.26. The monoisotopic (exact) mass is 214 g/mol. The predicted octanol–water partition coefficient (Wildman–Crippen LogP) is 0.689. The van der Waals surface area contributed by atoms with Crippen LogP contribution in [0.3, 0.4) is 0 Å². The van der Waals surface area contributed by atoms with E-state index in [0.717, 1.165) is 25.9 Å². The van der Waals surface area contributed by atoms with Crippen LogP contribution < -0.4 is 5.73 Å². The quantitative estimate of drug-likeness (QED) is 0.735. The molecular weight excluding hydrogens is 196 g/mol. The SMILES string of the molecule is NC(=O)[C@H]1CCCN([C@H]2CCSC2)C1. The Bertz CT molecular complexity index is 216. The van der Waals surface area contributed by atoms with Crippen molar-refractivity contribution in [1.82, 2.24) is 4.90 Å². The topological polar surface area (TPSA) is 46.3 Å². The third-order valence-corrected chi connectivity index (χ3v) is 4.42. The van der Waals surface area contributed by atoms with Crippen LogP contribution in [0, 0.1) is 5.92 Å². The second kappa shape index (κ2) is 4.53. The van der Waals surface area contributed by atoms with E-state index < -0.39 is 0 Å². The zero-order valence-electron chi connectivity index (χ0n) is 8.45. The lowest BCUT2D eigenvalue weighted by atomic mass is 9.96. The number of hydrogen-bond donors (Lipinski definition) is 1. The molecule has 2 aliphatic heterocycles. The van der Waals surface area contributed by atoms with E-state index in [1.54, 1.807) is 0 Å². The molecule has 2 N–H and O–H groups in total. The second-order valence-electron chi connectivity index (χ2n) is 4.25. The first-order valence-corrected chi connectivity index (χ1v) is 6.54. The smallest absolute Gasteiger partial charge is 0.221 e. The highest BCUT2D eigenvalue weighted by Gasteiger charge is 2.30. The van der Waals surface area contributed by atoms with Crippen molar-refractivity contribution >= 4 is 17.7 Å². The molecule has 14 heavy (non-hydrogen) atoms. The third-order valence-electron chi connectivity index (χ3n) is 3.28. The number of hydrogen-bond acceptors (Lipinski definition) is 3. The van der Waals surface area contributed by atoms with Gasteiger partial charge in [0.05, 0.1) is 5.92 Å². The Morgan fingerprint density at radius 1 is 1.43 bits per heavy atom. The zero-order valence-corrected chi connectivity index (χ0v) is 9.26. The number of carbonyl (C=O) groups is 1. The number of amides is 1. The number of nitrogens with zero attached hydrogens (tertiary/aromatic N) is 1. The first-order valence-electron chi connectivity index (χ1n) is 5.38. The number of piperidine rings is 1. The van der Waals surface area contributed by atoms with E-state index in [1.165, 1.54) is 17.9 Å². The van der Waals surface area contributed by atoms with Crippen LogP contribution >= 0.6 is 11.8 Å². The molecule has 2 rings (SSSR count). The van der Waals surface area contributed by atoms with Gasteiger partial charge in [-0.1, -0.05) is 0 Å². The number of primary amides is 1. The fourth-order valence-corrected chi connectivity index (χ4v) is 3.64. The largest absolute Gasteiger partial charge is 0.369 e. The molecule has 1 amide bonds. The van der Waals surface area contributed by atoms with E-state index >= 15 is 0 Å². The van der Waals surface area contributed by atoms with Crippen molar-refractivity contribution in [3.8, 4) is 0 Å². The van der Waals surface area contributed by atoms with E-state index in [9.17, 15) is 4.79 Å². The Balaban J connectivity index is 1.89. The molecule has 2 atom stereocenters. The normalized spacial score (nSPS) is 34.6. The molecule has 2 heterocycles. The molecule has 0 aromatic carbocycles. The second-order valence-corrected chi connectivity index (χ2v) is 5.40. The van der Waals surface area contributed by atoms with Gasteiger partial charge >= 0.3 is 0 Å². The molecule has 3 nitrogen and oxygen atoms in total. The standard InChI is InChI=1S/C10H18N2OS/c11-10(13)8-2-1-4-12(6-8)9-3-5-14-7-9/h8-9H,1-7H2,(H2,11,13)/t8-,9-/m0/s1. The van der Waals surface area contributed by atoms with Crippen LogP contribution in [0.5, 0.6) is 0 Å². The molecule has 4 heteroatoms. The van der Waals surface area contributed by atoms with Crippen molar-refractivity contribution in [2.45, 2.75) is 25.3 Å². The van der Waals surface area contributed by atoms with E-state index in [2.05, 4.69) is 4.90 Å².